The lowest BCUT2D eigenvalue weighted by Gasteiger charge is -2.09. The van der Waals surface area contributed by atoms with Crippen LogP contribution in [0.5, 0.6) is 0 Å². The van der Waals surface area contributed by atoms with Crippen LogP contribution in [-0.4, -0.2) is 26.5 Å². The molecule has 1 aromatic carbocycles. The number of benzene rings is 1. The third-order valence-electron chi connectivity index (χ3n) is 3.79. The van der Waals surface area contributed by atoms with Gasteiger partial charge in [0.2, 0.25) is 0 Å². The Hall–Kier alpha value is -2.37. The summed E-state index contributed by atoms with van der Waals surface area (Å²) in [5.74, 6) is -1.03. The first-order chi connectivity index (χ1) is 11.0. The second-order valence-electron chi connectivity index (χ2n) is 5.45. The zero-order chi connectivity index (χ0) is 16.6. The average Bonchev–Trinajstić information content (AvgIpc) is 2.88. The molecule has 3 N–H and O–H groups in total. The maximum atomic E-state index is 11.1. The van der Waals surface area contributed by atoms with Crippen LogP contribution in [0.1, 0.15) is 11.3 Å². The van der Waals surface area contributed by atoms with E-state index in [9.17, 15) is 4.79 Å². The quantitative estimate of drug-likeness (QED) is 0.771. The highest BCUT2D eigenvalue weighted by molar-refractivity contribution is 6.30. The van der Waals surface area contributed by atoms with E-state index in [0.29, 0.717) is 5.02 Å². The highest BCUT2D eigenvalue weighted by Gasteiger charge is 2.20. The molecule has 118 valence electrons. The summed E-state index contributed by atoms with van der Waals surface area (Å²) in [5, 5.41) is 9.77. The molecule has 0 aliphatic rings. The Kier molecular flexibility index (Phi) is 4.07. The highest BCUT2D eigenvalue weighted by Crippen LogP contribution is 2.27. The van der Waals surface area contributed by atoms with Crippen molar-refractivity contribution in [1.82, 2.24) is 9.38 Å². The summed E-state index contributed by atoms with van der Waals surface area (Å²) >= 11 is 5.95. The summed E-state index contributed by atoms with van der Waals surface area (Å²) in [5.41, 5.74) is 9.94. The molecular weight excluding hydrogens is 314 g/mol. The van der Waals surface area contributed by atoms with Gasteiger partial charge in [-0.05, 0) is 30.7 Å². The lowest BCUT2D eigenvalue weighted by molar-refractivity contribution is -0.138. The van der Waals surface area contributed by atoms with Crippen LogP contribution in [0.15, 0.2) is 42.6 Å². The van der Waals surface area contributed by atoms with Crippen LogP contribution in [0.4, 0.5) is 0 Å². The van der Waals surface area contributed by atoms with Crippen molar-refractivity contribution in [1.29, 1.82) is 0 Å². The number of carbonyl (C=O) groups is 1. The van der Waals surface area contributed by atoms with Gasteiger partial charge in [-0.3, -0.25) is 4.79 Å². The van der Waals surface area contributed by atoms with E-state index in [1.165, 1.54) is 0 Å². The van der Waals surface area contributed by atoms with Crippen LogP contribution in [0, 0.1) is 6.92 Å². The number of carboxylic acid groups (broad SMARTS) is 1. The molecule has 0 aliphatic heterocycles. The number of fused-ring (bicyclic) bond motifs is 1. The first-order valence-corrected chi connectivity index (χ1v) is 7.56. The molecule has 2 heterocycles. The highest BCUT2D eigenvalue weighted by atomic mass is 35.5. The van der Waals surface area contributed by atoms with Crippen molar-refractivity contribution in [3.05, 3.63) is 58.9 Å². The van der Waals surface area contributed by atoms with Crippen molar-refractivity contribution in [3.63, 3.8) is 0 Å². The summed E-state index contributed by atoms with van der Waals surface area (Å²) in [6.07, 6.45) is 2.07. The fourth-order valence-electron chi connectivity index (χ4n) is 2.58. The van der Waals surface area contributed by atoms with Gasteiger partial charge in [0.05, 0.1) is 11.4 Å². The number of hydrogen-bond acceptors (Lipinski definition) is 3. The summed E-state index contributed by atoms with van der Waals surface area (Å²) < 4.78 is 1.90. The molecule has 0 aliphatic carbocycles. The van der Waals surface area contributed by atoms with E-state index in [1.807, 2.05) is 41.8 Å². The number of hydrogen-bond donors (Lipinski definition) is 2. The molecule has 0 amide bonds. The van der Waals surface area contributed by atoms with Gasteiger partial charge >= 0.3 is 5.97 Å². The van der Waals surface area contributed by atoms with Gasteiger partial charge in [0.1, 0.15) is 11.7 Å². The number of carboxylic acids is 1. The number of aromatic nitrogens is 2. The summed E-state index contributed by atoms with van der Waals surface area (Å²) in [6, 6.07) is 10.2. The van der Waals surface area contributed by atoms with Crippen LogP contribution < -0.4 is 5.73 Å². The molecule has 3 aromatic rings. The first-order valence-electron chi connectivity index (χ1n) is 7.18. The molecule has 3 rings (SSSR count). The molecule has 0 spiro atoms. The molecule has 5 nitrogen and oxygen atoms in total. The number of aliphatic carboxylic acids is 1. The van der Waals surface area contributed by atoms with Crippen LogP contribution in [0.2, 0.25) is 5.02 Å². The number of nitrogens with two attached hydrogens (primary N) is 1. The monoisotopic (exact) mass is 329 g/mol. The van der Waals surface area contributed by atoms with E-state index >= 15 is 0 Å². The number of rotatable bonds is 4. The second kappa shape index (κ2) is 6.02. The Balaban J connectivity index is 2.21. The van der Waals surface area contributed by atoms with Gasteiger partial charge in [0.15, 0.2) is 0 Å². The number of aryl methyl sites for hydroxylation is 1. The topological polar surface area (TPSA) is 80.6 Å². The predicted molar refractivity (Wildman–Crippen MR) is 89.7 cm³/mol. The third kappa shape index (κ3) is 2.93. The summed E-state index contributed by atoms with van der Waals surface area (Å²) in [6.45, 7) is 1.97. The molecule has 6 heteroatoms. The van der Waals surface area contributed by atoms with Crippen molar-refractivity contribution in [2.24, 2.45) is 5.73 Å². The summed E-state index contributed by atoms with van der Waals surface area (Å²) in [4.78, 5) is 15.8. The lowest BCUT2D eigenvalue weighted by atomic mass is 10.1. The van der Waals surface area contributed by atoms with Crippen molar-refractivity contribution in [3.8, 4) is 11.3 Å². The minimum Gasteiger partial charge on any atom is -0.480 e. The maximum Gasteiger partial charge on any atom is 0.320 e. The fourth-order valence-corrected chi connectivity index (χ4v) is 2.71. The molecule has 23 heavy (non-hydrogen) atoms. The third-order valence-corrected chi connectivity index (χ3v) is 4.04. The predicted octanol–water partition coefficient (Wildman–Crippen LogP) is 2.92. The van der Waals surface area contributed by atoms with E-state index in [0.717, 1.165) is 28.2 Å². The van der Waals surface area contributed by atoms with Gasteiger partial charge in [-0.15, -0.1) is 0 Å². The van der Waals surface area contributed by atoms with E-state index in [2.05, 4.69) is 0 Å². The van der Waals surface area contributed by atoms with E-state index in [-0.39, 0.29) is 6.42 Å². The van der Waals surface area contributed by atoms with Crippen LogP contribution in [0.3, 0.4) is 0 Å². The Labute approximate surface area is 138 Å². The van der Waals surface area contributed by atoms with E-state index < -0.39 is 12.0 Å². The molecule has 0 radical (unpaired) electrons. The molecular formula is C17H16ClN3O2. The zero-order valence-electron chi connectivity index (χ0n) is 12.5. The molecule has 0 fully saturated rings. The smallest absolute Gasteiger partial charge is 0.320 e. The molecule has 1 unspecified atom stereocenters. The van der Waals surface area contributed by atoms with Crippen molar-refractivity contribution >= 4 is 23.2 Å². The van der Waals surface area contributed by atoms with E-state index in [1.54, 1.807) is 12.1 Å². The zero-order valence-corrected chi connectivity index (χ0v) is 13.3. The van der Waals surface area contributed by atoms with Gasteiger partial charge in [-0.25, -0.2) is 4.98 Å². The number of nitrogens with zero attached hydrogens (tertiary/aromatic N) is 2. The number of pyridine rings is 1. The normalized spacial score (nSPS) is 12.5. The van der Waals surface area contributed by atoms with Crippen LogP contribution in [0.25, 0.3) is 16.9 Å². The molecule has 0 bridgehead atoms. The minimum absolute atomic E-state index is 0.192. The fraction of sp³-hybridized carbons (Fsp3) is 0.176. The van der Waals surface area contributed by atoms with Crippen molar-refractivity contribution in [2.45, 2.75) is 19.4 Å². The molecule has 1 atom stereocenters. The SMILES string of the molecule is Cc1cccn2c(CC(N)C(=O)O)c(-c3ccc(Cl)cc3)nc12. The molecule has 0 saturated carbocycles. The van der Waals surface area contributed by atoms with Crippen molar-refractivity contribution < 1.29 is 9.90 Å². The van der Waals surface area contributed by atoms with Gasteiger partial charge < -0.3 is 15.2 Å². The van der Waals surface area contributed by atoms with E-state index in [4.69, 9.17) is 27.4 Å². The van der Waals surface area contributed by atoms with Gasteiger partial charge in [-0.2, -0.15) is 0 Å². The average molecular weight is 330 g/mol. The van der Waals surface area contributed by atoms with Gasteiger partial charge in [0, 0.05) is 23.2 Å². The van der Waals surface area contributed by atoms with Crippen LogP contribution >= 0.6 is 11.6 Å². The molecule has 0 saturated heterocycles. The Morgan fingerprint density at radius 1 is 1.35 bits per heavy atom. The van der Waals surface area contributed by atoms with Gasteiger partial charge in [-0.1, -0.05) is 29.8 Å². The number of imidazole rings is 1. The first kappa shape index (κ1) is 15.5. The summed E-state index contributed by atoms with van der Waals surface area (Å²) in [7, 11) is 0. The standard InChI is InChI=1S/C17H16ClN3O2/c1-10-3-2-8-21-14(9-13(19)17(22)23)15(20-16(10)21)11-4-6-12(18)7-5-11/h2-8,13H,9,19H2,1H3,(H,22,23). The van der Waals surface area contributed by atoms with Crippen molar-refractivity contribution in [2.75, 3.05) is 0 Å². The Morgan fingerprint density at radius 2 is 2.04 bits per heavy atom. The lowest BCUT2D eigenvalue weighted by Crippen LogP contribution is -2.32. The second-order valence-corrected chi connectivity index (χ2v) is 5.88. The minimum atomic E-state index is -1.03. The number of halogens is 1. The Bertz CT molecular complexity index is 871. The van der Waals surface area contributed by atoms with Gasteiger partial charge in [0.25, 0.3) is 0 Å². The maximum absolute atomic E-state index is 11.1. The largest absolute Gasteiger partial charge is 0.480 e. The Morgan fingerprint density at radius 3 is 2.70 bits per heavy atom. The molecule has 2 aromatic heterocycles. The van der Waals surface area contributed by atoms with Crippen LogP contribution in [-0.2, 0) is 11.2 Å².